The lowest BCUT2D eigenvalue weighted by Gasteiger charge is -2.07. The van der Waals surface area contributed by atoms with Crippen LogP contribution in [-0.2, 0) is 7.05 Å². The van der Waals surface area contributed by atoms with Gasteiger partial charge in [0, 0.05) is 12.4 Å². The van der Waals surface area contributed by atoms with E-state index in [4.69, 9.17) is 4.42 Å². The van der Waals surface area contributed by atoms with Crippen LogP contribution in [0.1, 0.15) is 16.2 Å². The summed E-state index contributed by atoms with van der Waals surface area (Å²) in [5.41, 5.74) is 1.89. The Balaban J connectivity index is 1.73. The van der Waals surface area contributed by atoms with E-state index in [9.17, 15) is 9.59 Å². The van der Waals surface area contributed by atoms with Crippen LogP contribution in [-0.4, -0.2) is 15.3 Å². The SMILES string of the molecule is Cc1c(NC(=O)c2cc3cccc(Br)c3o2)c(=O)n(-c2ccccc2)n1C. The highest BCUT2D eigenvalue weighted by Gasteiger charge is 2.21. The van der Waals surface area contributed by atoms with Gasteiger partial charge in [-0.25, -0.2) is 4.68 Å². The molecule has 7 heteroatoms. The Morgan fingerprint density at radius 3 is 2.56 bits per heavy atom. The maximum atomic E-state index is 12.9. The van der Waals surface area contributed by atoms with Crippen molar-refractivity contribution < 1.29 is 9.21 Å². The van der Waals surface area contributed by atoms with Crippen molar-refractivity contribution in [3.63, 3.8) is 0 Å². The Hall–Kier alpha value is -3.06. The van der Waals surface area contributed by atoms with E-state index < -0.39 is 5.91 Å². The number of para-hydroxylation sites is 2. The molecule has 4 rings (SSSR count). The summed E-state index contributed by atoms with van der Waals surface area (Å²) >= 11 is 3.41. The van der Waals surface area contributed by atoms with Gasteiger partial charge in [-0.2, -0.15) is 0 Å². The first-order valence-electron chi connectivity index (χ1n) is 8.31. The normalized spacial score (nSPS) is 11.1. The highest BCUT2D eigenvalue weighted by Crippen LogP contribution is 2.27. The maximum Gasteiger partial charge on any atom is 0.295 e. The zero-order valence-corrected chi connectivity index (χ0v) is 16.3. The first-order valence-corrected chi connectivity index (χ1v) is 9.10. The molecule has 1 amide bonds. The number of furan rings is 1. The average molecular weight is 426 g/mol. The van der Waals surface area contributed by atoms with Crippen molar-refractivity contribution in [1.82, 2.24) is 9.36 Å². The van der Waals surface area contributed by atoms with Crippen molar-refractivity contribution in [1.29, 1.82) is 0 Å². The van der Waals surface area contributed by atoms with Gasteiger partial charge in [-0.1, -0.05) is 30.3 Å². The fourth-order valence-electron chi connectivity index (χ4n) is 3.03. The van der Waals surface area contributed by atoms with Crippen LogP contribution in [0.4, 0.5) is 5.69 Å². The highest BCUT2D eigenvalue weighted by molar-refractivity contribution is 9.10. The molecule has 0 bridgehead atoms. The zero-order chi connectivity index (χ0) is 19.1. The number of carbonyl (C=O) groups excluding carboxylic acids is 1. The van der Waals surface area contributed by atoms with Crippen LogP contribution >= 0.6 is 15.9 Å². The van der Waals surface area contributed by atoms with Gasteiger partial charge in [-0.3, -0.25) is 14.3 Å². The van der Waals surface area contributed by atoms with Crippen LogP contribution in [0, 0.1) is 6.92 Å². The fourth-order valence-corrected chi connectivity index (χ4v) is 3.49. The number of nitrogens with one attached hydrogen (secondary N) is 1. The summed E-state index contributed by atoms with van der Waals surface area (Å²) < 4.78 is 9.65. The van der Waals surface area contributed by atoms with Crippen molar-refractivity contribution >= 4 is 38.5 Å². The lowest BCUT2D eigenvalue weighted by Crippen LogP contribution is -2.22. The van der Waals surface area contributed by atoms with Crippen molar-refractivity contribution in [3.05, 3.63) is 80.9 Å². The molecular formula is C20H16BrN3O3. The third kappa shape index (κ3) is 2.90. The minimum absolute atomic E-state index is 0.144. The molecule has 6 nitrogen and oxygen atoms in total. The number of hydrogen-bond donors (Lipinski definition) is 1. The van der Waals surface area contributed by atoms with Crippen molar-refractivity contribution in [2.45, 2.75) is 6.92 Å². The number of halogens is 1. The molecule has 1 N–H and O–H groups in total. The number of carbonyl (C=O) groups is 1. The van der Waals surface area contributed by atoms with Crippen molar-refractivity contribution in [2.75, 3.05) is 5.32 Å². The van der Waals surface area contributed by atoms with Gasteiger partial charge in [0.25, 0.3) is 11.5 Å². The molecule has 0 atom stereocenters. The van der Waals surface area contributed by atoms with Gasteiger partial charge in [-0.15, -0.1) is 0 Å². The topological polar surface area (TPSA) is 69.2 Å². The van der Waals surface area contributed by atoms with Gasteiger partial charge in [-0.05, 0) is 47.1 Å². The monoisotopic (exact) mass is 425 g/mol. The summed E-state index contributed by atoms with van der Waals surface area (Å²) in [4.78, 5) is 25.6. The number of anilines is 1. The number of amides is 1. The largest absolute Gasteiger partial charge is 0.450 e. The van der Waals surface area contributed by atoms with E-state index >= 15 is 0 Å². The summed E-state index contributed by atoms with van der Waals surface area (Å²) in [7, 11) is 1.78. The summed E-state index contributed by atoms with van der Waals surface area (Å²) in [6, 6.07) is 16.5. The van der Waals surface area contributed by atoms with Gasteiger partial charge >= 0.3 is 0 Å². The molecule has 0 aliphatic rings. The molecule has 0 spiro atoms. The third-order valence-corrected chi connectivity index (χ3v) is 5.14. The first kappa shape index (κ1) is 17.4. The predicted octanol–water partition coefficient (Wildman–Crippen LogP) is 4.25. The smallest absolute Gasteiger partial charge is 0.295 e. The Labute approximate surface area is 163 Å². The van der Waals surface area contributed by atoms with Crippen LogP contribution in [0.15, 0.2) is 68.3 Å². The van der Waals surface area contributed by atoms with Crippen LogP contribution in [0.25, 0.3) is 16.7 Å². The molecule has 27 heavy (non-hydrogen) atoms. The van der Waals surface area contributed by atoms with E-state index in [1.165, 1.54) is 4.68 Å². The molecule has 0 aliphatic carbocycles. The average Bonchev–Trinajstić information content (AvgIpc) is 3.19. The minimum Gasteiger partial charge on any atom is -0.450 e. The van der Waals surface area contributed by atoms with Gasteiger partial charge < -0.3 is 9.73 Å². The second kappa shape index (κ2) is 6.59. The lowest BCUT2D eigenvalue weighted by atomic mass is 10.2. The fraction of sp³-hybridized carbons (Fsp3) is 0.100. The molecule has 0 saturated heterocycles. The molecule has 2 aromatic carbocycles. The number of hydrogen-bond acceptors (Lipinski definition) is 3. The summed E-state index contributed by atoms with van der Waals surface area (Å²) in [6.07, 6.45) is 0. The van der Waals surface area contributed by atoms with E-state index in [-0.39, 0.29) is 17.0 Å². The molecule has 0 fully saturated rings. The number of fused-ring (bicyclic) bond motifs is 1. The van der Waals surface area contributed by atoms with E-state index in [1.54, 1.807) is 24.7 Å². The Morgan fingerprint density at radius 2 is 1.85 bits per heavy atom. The van der Waals surface area contributed by atoms with Gasteiger partial charge in [0.15, 0.2) is 5.76 Å². The molecule has 2 heterocycles. The van der Waals surface area contributed by atoms with E-state index in [0.717, 1.165) is 15.5 Å². The maximum absolute atomic E-state index is 12.9. The Kier molecular flexibility index (Phi) is 4.24. The second-order valence-electron chi connectivity index (χ2n) is 6.16. The Morgan fingerprint density at radius 1 is 1.11 bits per heavy atom. The molecule has 2 aromatic heterocycles. The predicted molar refractivity (Wildman–Crippen MR) is 108 cm³/mol. The molecule has 0 saturated carbocycles. The minimum atomic E-state index is -0.468. The van der Waals surface area contributed by atoms with Crippen LogP contribution in [0.2, 0.25) is 0 Å². The van der Waals surface area contributed by atoms with Crippen LogP contribution in [0.5, 0.6) is 0 Å². The number of aromatic nitrogens is 2. The van der Waals surface area contributed by atoms with Crippen molar-refractivity contribution in [3.8, 4) is 5.69 Å². The highest BCUT2D eigenvalue weighted by atomic mass is 79.9. The lowest BCUT2D eigenvalue weighted by molar-refractivity contribution is 0.0998. The summed E-state index contributed by atoms with van der Waals surface area (Å²) in [6.45, 7) is 1.78. The summed E-state index contributed by atoms with van der Waals surface area (Å²) in [5.74, 6) is -0.324. The quantitative estimate of drug-likeness (QED) is 0.533. The van der Waals surface area contributed by atoms with Crippen molar-refractivity contribution in [2.24, 2.45) is 7.05 Å². The van der Waals surface area contributed by atoms with Crippen LogP contribution in [0.3, 0.4) is 0 Å². The number of nitrogens with zero attached hydrogens (tertiary/aromatic N) is 2. The van der Waals surface area contributed by atoms with Gasteiger partial charge in [0.2, 0.25) is 0 Å². The zero-order valence-electron chi connectivity index (χ0n) is 14.7. The number of rotatable bonds is 3. The number of benzene rings is 2. The second-order valence-corrected chi connectivity index (χ2v) is 7.01. The first-order chi connectivity index (χ1) is 13.0. The van der Waals surface area contributed by atoms with Crippen LogP contribution < -0.4 is 10.9 Å². The van der Waals surface area contributed by atoms with E-state index in [1.807, 2.05) is 48.5 Å². The Bertz CT molecular complexity index is 1220. The summed E-state index contributed by atoms with van der Waals surface area (Å²) in [5, 5.41) is 3.51. The van der Waals surface area contributed by atoms with E-state index in [0.29, 0.717) is 11.3 Å². The molecule has 136 valence electrons. The molecule has 0 aliphatic heterocycles. The van der Waals surface area contributed by atoms with E-state index in [2.05, 4.69) is 21.2 Å². The van der Waals surface area contributed by atoms with Gasteiger partial charge in [0.1, 0.15) is 11.3 Å². The molecule has 0 unspecified atom stereocenters. The van der Waals surface area contributed by atoms with Gasteiger partial charge in [0.05, 0.1) is 15.9 Å². The molecule has 0 radical (unpaired) electrons. The standard InChI is InChI=1S/C20H16BrN3O3/c1-12-17(20(26)24(23(12)2)14-8-4-3-5-9-14)22-19(25)16-11-13-7-6-10-15(21)18(13)27-16/h3-11H,1-2H3,(H,22,25). The molecule has 4 aromatic rings. The molecular weight excluding hydrogens is 410 g/mol. The third-order valence-electron chi connectivity index (χ3n) is 4.51.